The Morgan fingerprint density at radius 3 is 2.23 bits per heavy atom. The normalized spacial score (nSPS) is 14.3. The first-order chi connectivity index (χ1) is 18.6. The molecule has 39 heavy (non-hydrogen) atoms. The first kappa shape index (κ1) is 24.9. The van der Waals surface area contributed by atoms with Crippen LogP contribution in [0.3, 0.4) is 0 Å². The molecule has 196 valence electrons. The van der Waals surface area contributed by atoms with E-state index in [0.29, 0.717) is 17.0 Å². The van der Waals surface area contributed by atoms with Crippen LogP contribution in [0.2, 0.25) is 0 Å². The molecule has 0 saturated carbocycles. The zero-order chi connectivity index (χ0) is 27.5. The number of rotatable bonds is 2. The number of hydrogen-bond acceptors (Lipinski definition) is 4. The van der Waals surface area contributed by atoms with Gasteiger partial charge in [-0.3, -0.25) is 4.98 Å². The molecule has 6 heteroatoms. The van der Waals surface area contributed by atoms with E-state index < -0.39 is 5.97 Å². The molecule has 0 spiro atoms. The van der Waals surface area contributed by atoms with Gasteiger partial charge >= 0.3 is 5.97 Å². The number of methoxy groups -OCH3 is 1. The van der Waals surface area contributed by atoms with E-state index in [1.807, 2.05) is 12.1 Å². The van der Waals surface area contributed by atoms with E-state index in [1.54, 1.807) is 0 Å². The zero-order valence-electron chi connectivity index (χ0n) is 23.2. The Morgan fingerprint density at radius 2 is 1.51 bits per heavy atom. The van der Waals surface area contributed by atoms with Gasteiger partial charge in [0.15, 0.2) is 0 Å². The Morgan fingerprint density at radius 1 is 0.846 bits per heavy atom. The van der Waals surface area contributed by atoms with Crippen LogP contribution >= 0.6 is 0 Å². The molecule has 4 aromatic rings. The summed E-state index contributed by atoms with van der Waals surface area (Å²) in [6.45, 7) is 10.7. The number of hydrogen-bond donors (Lipinski definition) is 2. The lowest BCUT2D eigenvalue weighted by atomic mass is 9.87. The van der Waals surface area contributed by atoms with Gasteiger partial charge in [0.25, 0.3) is 0 Å². The number of carbonyl (C=O) groups excluding carboxylic acids is 1. The van der Waals surface area contributed by atoms with Crippen molar-refractivity contribution in [2.45, 2.75) is 46.5 Å². The van der Waals surface area contributed by atoms with E-state index in [-0.39, 0.29) is 5.41 Å². The Labute approximate surface area is 227 Å². The van der Waals surface area contributed by atoms with E-state index in [2.05, 4.69) is 93.1 Å². The fourth-order valence-electron chi connectivity index (χ4n) is 5.83. The number of nitrogens with zero attached hydrogens (tertiary/aromatic N) is 2. The van der Waals surface area contributed by atoms with Crippen LogP contribution in [-0.2, 0) is 21.4 Å². The van der Waals surface area contributed by atoms with E-state index in [9.17, 15) is 4.79 Å². The highest BCUT2D eigenvalue weighted by molar-refractivity contribution is 6.22. The molecule has 0 fully saturated rings. The van der Waals surface area contributed by atoms with Crippen molar-refractivity contribution in [3.8, 4) is 11.1 Å². The third-order valence-electron chi connectivity index (χ3n) is 7.58. The molecule has 6 rings (SSSR count). The molecular weight excluding hydrogens is 484 g/mol. The van der Waals surface area contributed by atoms with Gasteiger partial charge in [-0.05, 0) is 86.0 Å². The average molecular weight is 517 g/mol. The van der Waals surface area contributed by atoms with Gasteiger partial charge < -0.3 is 14.7 Å². The van der Waals surface area contributed by atoms with Gasteiger partial charge in [0.2, 0.25) is 0 Å². The molecule has 0 atom stereocenters. The van der Waals surface area contributed by atoms with Gasteiger partial charge in [-0.1, -0.05) is 31.5 Å². The van der Waals surface area contributed by atoms with E-state index in [4.69, 9.17) is 14.7 Å². The highest BCUT2D eigenvalue weighted by Crippen LogP contribution is 2.37. The quantitative estimate of drug-likeness (QED) is 0.277. The number of esters is 1. The lowest BCUT2D eigenvalue weighted by molar-refractivity contribution is -0.133. The summed E-state index contributed by atoms with van der Waals surface area (Å²) in [5, 5.41) is 0. The maximum atomic E-state index is 13.0. The van der Waals surface area contributed by atoms with Crippen LogP contribution in [-0.4, -0.2) is 33.0 Å². The van der Waals surface area contributed by atoms with Crippen LogP contribution in [0.1, 0.15) is 53.3 Å². The van der Waals surface area contributed by atoms with Crippen molar-refractivity contribution in [2.75, 3.05) is 7.11 Å². The van der Waals surface area contributed by atoms with Crippen LogP contribution in [0.25, 0.3) is 44.8 Å². The summed E-state index contributed by atoms with van der Waals surface area (Å²) < 4.78 is 5.18. The van der Waals surface area contributed by atoms with E-state index in [1.165, 1.54) is 12.7 Å². The lowest BCUT2D eigenvalue weighted by Crippen LogP contribution is -2.15. The average Bonchev–Trinajstić information content (AvgIpc) is 3.64. The van der Waals surface area contributed by atoms with E-state index >= 15 is 0 Å². The SMILES string of the molecule is COC(=O)C1=Cc2nc1cc1nc(cc3ccc(cc4ccc([nH]4)c2-c2c(C)cc(C)cc2C)[nH]3)C(C)(C)C1. The Kier molecular flexibility index (Phi) is 5.79. The van der Waals surface area contributed by atoms with Gasteiger partial charge in [-0.2, -0.15) is 0 Å². The number of ether oxygens (including phenoxy) is 1. The molecule has 0 unspecified atom stereocenters. The van der Waals surface area contributed by atoms with Crippen molar-refractivity contribution in [3.05, 3.63) is 94.1 Å². The maximum absolute atomic E-state index is 13.0. The Hall–Kier alpha value is -4.45. The molecule has 1 aromatic carbocycles. The first-order valence-electron chi connectivity index (χ1n) is 13.2. The monoisotopic (exact) mass is 516 g/mol. The third-order valence-corrected chi connectivity index (χ3v) is 7.58. The summed E-state index contributed by atoms with van der Waals surface area (Å²) in [5.41, 5.74) is 12.9. The zero-order valence-corrected chi connectivity index (χ0v) is 23.2. The van der Waals surface area contributed by atoms with Crippen molar-refractivity contribution in [1.29, 1.82) is 0 Å². The minimum Gasteiger partial charge on any atom is -0.465 e. The molecule has 0 amide bonds. The fraction of sp³-hybridized carbons (Fsp3) is 0.242. The molecule has 6 nitrogen and oxygen atoms in total. The standard InChI is InChI=1S/C33H32N4O2/c1-18-11-19(2)30(20(3)12-18)31-26-10-9-22(35-26)13-21-7-8-23(34-21)15-29-33(4,5)17-24(36-29)14-27-25(32(38)39-6)16-28(31)37-27/h7-16,34-35H,17H2,1-6H3. The van der Waals surface area contributed by atoms with Crippen molar-refractivity contribution < 1.29 is 9.53 Å². The molecule has 2 aliphatic heterocycles. The molecule has 5 heterocycles. The number of carbonyl (C=O) groups is 1. The summed E-state index contributed by atoms with van der Waals surface area (Å²) in [4.78, 5) is 30.1. The van der Waals surface area contributed by atoms with Crippen LogP contribution in [0.5, 0.6) is 0 Å². The summed E-state index contributed by atoms with van der Waals surface area (Å²) in [6, 6.07) is 18.8. The summed E-state index contributed by atoms with van der Waals surface area (Å²) in [7, 11) is 1.40. The predicted molar refractivity (Wildman–Crippen MR) is 157 cm³/mol. The summed E-state index contributed by atoms with van der Waals surface area (Å²) in [6.07, 6.45) is 2.59. The Balaban J connectivity index is 1.78. The van der Waals surface area contributed by atoms with Crippen molar-refractivity contribution >= 4 is 39.7 Å². The van der Waals surface area contributed by atoms with Crippen LogP contribution in [0.15, 0.2) is 54.6 Å². The van der Waals surface area contributed by atoms with Crippen molar-refractivity contribution in [3.63, 3.8) is 0 Å². The number of aromatic amines is 2. The number of aryl methyl sites for hydroxylation is 3. The number of fused-ring (bicyclic) bond motifs is 8. The maximum Gasteiger partial charge on any atom is 0.340 e. The highest BCUT2D eigenvalue weighted by Gasteiger charge is 2.30. The van der Waals surface area contributed by atoms with Gasteiger partial charge in [-0.15, -0.1) is 0 Å². The number of benzene rings is 1. The number of nitrogens with one attached hydrogen (secondary N) is 2. The Bertz CT molecular complexity index is 1830. The summed E-state index contributed by atoms with van der Waals surface area (Å²) >= 11 is 0. The van der Waals surface area contributed by atoms with Gasteiger partial charge in [0.05, 0.1) is 24.1 Å². The van der Waals surface area contributed by atoms with Crippen LogP contribution in [0.4, 0.5) is 0 Å². The molecule has 2 N–H and O–H groups in total. The molecule has 0 saturated heterocycles. The second-order valence-electron chi connectivity index (χ2n) is 11.3. The largest absolute Gasteiger partial charge is 0.465 e. The molecule has 8 bridgehead atoms. The second-order valence-corrected chi connectivity index (χ2v) is 11.3. The lowest BCUT2D eigenvalue weighted by Gasteiger charge is -2.15. The van der Waals surface area contributed by atoms with Gasteiger partial charge in [-0.25, -0.2) is 9.78 Å². The minimum atomic E-state index is -0.414. The first-order valence-corrected chi connectivity index (χ1v) is 13.2. The number of H-pyrrole nitrogens is 2. The molecular formula is C33H32N4O2. The minimum absolute atomic E-state index is 0.156. The third kappa shape index (κ3) is 4.46. The highest BCUT2D eigenvalue weighted by atomic mass is 16.5. The second kappa shape index (κ2) is 9.09. The topological polar surface area (TPSA) is 83.7 Å². The van der Waals surface area contributed by atoms with Gasteiger partial charge in [0, 0.05) is 50.9 Å². The molecule has 3 aromatic heterocycles. The fourth-order valence-corrected chi connectivity index (χ4v) is 5.83. The smallest absolute Gasteiger partial charge is 0.340 e. The molecule has 2 aliphatic rings. The van der Waals surface area contributed by atoms with Crippen LogP contribution < -0.4 is 0 Å². The van der Waals surface area contributed by atoms with E-state index in [0.717, 1.165) is 62.1 Å². The van der Waals surface area contributed by atoms with Gasteiger partial charge in [0.1, 0.15) is 0 Å². The molecule has 0 aliphatic carbocycles. The van der Waals surface area contributed by atoms with Crippen LogP contribution in [0, 0.1) is 20.8 Å². The summed E-state index contributed by atoms with van der Waals surface area (Å²) in [5.74, 6) is -0.414. The predicted octanol–water partition coefficient (Wildman–Crippen LogP) is 7.14. The van der Waals surface area contributed by atoms with Crippen molar-refractivity contribution in [1.82, 2.24) is 19.9 Å². The van der Waals surface area contributed by atoms with Crippen molar-refractivity contribution in [2.24, 2.45) is 0 Å². The number of aromatic nitrogens is 4. The molecule has 0 radical (unpaired) electrons.